The number of aliphatic carboxylic acids is 1. The molecular weight excluding hydrogens is 362 g/mol. The van der Waals surface area contributed by atoms with E-state index >= 15 is 0 Å². The Morgan fingerprint density at radius 1 is 1.11 bits per heavy atom. The highest BCUT2D eigenvalue weighted by molar-refractivity contribution is 7.99. The van der Waals surface area contributed by atoms with E-state index in [-0.39, 0.29) is 11.9 Å². The van der Waals surface area contributed by atoms with Gasteiger partial charge in [-0.2, -0.15) is 0 Å². The SMILES string of the molecule is O=C(CCN1c2ccccc2Sc2ccccc21)N[C@@H]1CN[C@H](C(=O)O)C1. The van der Waals surface area contributed by atoms with Gasteiger partial charge < -0.3 is 20.6 Å². The number of amides is 1. The van der Waals surface area contributed by atoms with Crippen molar-refractivity contribution in [1.29, 1.82) is 0 Å². The number of carboxylic acids is 1. The summed E-state index contributed by atoms with van der Waals surface area (Å²) in [7, 11) is 0. The van der Waals surface area contributed by atoms with E-state index < -0.39 is 12.0 Å². The first-order valence-electron chi connectivity index (χ1n) is 9.01. The third-order valence-corrected chi connectivity index (χ3v) is 6.02. The number of carboxylic acid groups (broad SMARTS) is 1. The van der Waals surface area contributed by atoms with E-state index in [0.29, 0.717) is 25.9 Å². The molecule has 1 saturated heterocycles. The summed E-state index contributed by atoms with van der Waals surface area (Å²) in [6.07, 6.45) is 0.772. The van der Waals surface area contributed by atoms with Gasteiger partial charge >= 0.3 is 5.97 Å². The molecule has 140 valence electrons. The Bertz CT molecular complexity index is 828. The molecule has 2 aliphatic rings. The molecular formula is C20H21N3O3S. The molecule has 27 heavy (non-hydrogen) atoms. The molecule has 0 aliphatic carbocycles. The van der Waals surface area contributed by atoms with Crippen LogP contribution in [-0.4, -0.2) is 42.2 Å². The summed E-state index contributed by atoms with van der Waals surface area (Å²) < 4.78 is 0. The summed E-state index contributed by atoms with van der Waals surface area (Å²) >= 11 is 1.74. The van der Waals surface area contributed by atoms with Crippen molar-refractivity contribution in [3.63, 3.8) is 0 Å². The van der Waals surface area contributed by atoms with E-state index in [1.165, 1.54) is 9.79 Å². The van der Waals surface area contributed by atoms with Crippen molar-refractivity contribution in [2.45, 2.75) is 34.7 Å². The van der Waals surface area contributed by atoms with E-state index in [4.69, 9.17) is 5.11 Å². The van der Waals surface area contributed by atoms with Crippen molar-refractivity contribution in [2.75, 3.05) is 18.0 Å². The van der Waals surface area contributed by atoms with Crippen molar-refractivity contribution < 1.29 is 14.7 Å². The van der Waals surface area contributed by atoms with Gasteiger partial charge in [0.2, 0.25) is 5.91 Å². The van der Waals surface area contributed by atoms with E-state index in [0.717, 1.165) is 11.4 Å². The number of fused-ring (bicyclic) bond motifs is 2. The Labute approximate surface area is 161 Å². The van der Waals surface area contributed by atoms with Crippen molar-refractivity contribution in [2.24, 2.45) is 0 Å². The molecule has 7 heteroatoms. The Kier molecular flexibility index (Phi) is 5.05. The first kappa shape index (κ1) is 17.9. The Morgan fingerprint density at radius 2 is 1.74 bits per heavy atom. The first-order valence-corrected chi connectivity index (χ1v) is 9.82. The molecule has 0 unspecified atom stereocenters. The van der Waals surface area contributed by atoms with Crippen LogP contribution in [-0.2, 0) is 9.59 Å². The number of nitrogens with zero attached hydrogens (tertiary/aromatic N) is 1. The van der Waals surface area contributed by atoms with Crippen molar-refractivity contribution in [1.82, 2.24) is 10.6 Å². The first-order chi connectivity index (χ1) is 13.1. The number of anilines is 2. The standard InChI is InChI=1S/C20H21N3O3S/c24-19(22-13-11-14(20(25)26)21-12-13)9-10-23-15-5-1-3-7-17(15)27-18-8-4-2-6-16(18)23/h1-8,13-14,21H,9-12H2,(H,22,24)(H,25,26)/t13-,14-/m0/s1. The maximum absolute atomic E-state index is 12.4. The van der Waals surface area contributed by atoms with Crippen molar-refractivity contribution >= 4 is 35.0 Å². The van der Waals surface area contributed by atoms with Gasteiger partial charge in [0.15, 0.2) is 0 Å². The van der Waals surface area contributed by atoms with Gasteiger partial charge in [0, 0.05) is 35.3 Å². The molecule has 1 amide bonds. The third-order valence-electron chi connectivity index (χ3n) is 4.89. The molecule has 6 nitrogen and oxygen atoms in total. The number of benzene rings is 2. The number of para-hydroxylation sites is 2. The minimum absolute atomic E-state index is 0.0546. The van der Waals surface area contributed by atoms with Crippen LogP contribution in [0.25, 0.3) is 0 Å². The highest BCUT2D eigenvalue weighted by Gasteiger charge is 2.30. The minimum atomic E-state index is -0.870. The summed E-state index contributed by atoms with van der Waals surface area (Å²) in [6.45, 7) is 1.07. The number of carbonyl (C=O) groups is 2. The van der Waals surface area contributed by atoms with Crippen LogP contribution in [0.5, 0.6) is 0 Å². The molecule has 2 aromatic rings. The summed E-state index contributed by atoms with van der Waals surface area (Å²) in [5, 5.41) is 14.9. The number of rotatable bonds is 5. The van der Waals surface area contributed by atoms with Crippen LogP contribution in [0, 0.1) is 0 Å². The molecule has 0 aromatic heterocycles. The Balaban J connectivity index is 1.42. The Hall–Kier alpha value is -2.51. The zero-order valence-electron chi connectivity index (χ0n) is 14.7. The number of carbonyl (C=O) groups excluding carboxylic acids is 1. The number of nitrogens with one attached hydrogen (secondary N) is 2. The molecule has 0 radical (unpaired) electrons. The second-order valence-corrected chi connectivity index (χ2v) is 7.82. The summed E-state index contributed by atoms with van der Waals surface area (Å²) in [5.74, 6) is -0.924. The van der Waals surface area contributed by atoms with Gasteiger partial charge in [-0.25, -0.2) is 0 Å². The van der Waals surface area contributed by atoms with Crippen LogP contribution in [0.15, 0.2) is 58.3 Å². The normalized spacial score (nSPS) is 20.7. The molecule has 0 saturated carbocycles. The molecule has 2 atom stereocenters. The highest BCUT2D eigenvalue weighted by Crippen LogP contribution is 2.47. The van der Waals surface area contributed by atoms with Crippen molar-refractivity contribution in [3.05, 3.63) is 48.5 Å². The van der Waals surface area contributed by atoms with Gasteiger partial charge in [0.25, 0.3) is 0 Å². The molecule has 3 N–H and O–H groups in total. The fourth-order valence-electron chi connectivity index (χ4n) is 3.57. The summed E-state index contributed by atoms with van der Waals surface area (Å²) in [4.78, 5) is 28.0. The third kappa shape index (κ3) is 3.79. The minimum Gasteiger partial charge on any atom is -0.480 e. The highest BCUT2D eigenvalue weighted by atomic mass is 32.2. The zero-order chi connectivity index (χ0) is 18.8. The van der Waals surface area contributed by atoms with Gasteiger partial charge in [0.05, 0.1) is 11.4 Å². The average molecular weight is 383 g/mol. The fourth-order valence-corrected chi connectivity index (χ4v) is 4.66. The Morgan fingerprint density at radius 3 is 2.33 bits per heavy atom. The second kappa shape index (κ2) is 7.62. The van der Waals surface area contributed by atoms with Crippen LogP contribution in [0.1, 0.15) is 12.8 Å². The molecule has 0 spiro atoms. The molecule has 2 heterocycles. The molecule has 2 aromatic carbocycles. The summed E-state index contributed by atoms with van der Waals surface area (Å²) in [6, 6.07) is 15.7. The van der Waals surface area contributed by atoms with Gasteiger partial charge in [0.1, 0.15) is 6.04 Å². The lowest BCUT2D eigenvalue weighted by molar-refractivity contribution is -0.139. The molecule has 0 bridgehead atoms. The van der Waals surface area contributed by atoms with Crippen LogP contribution in [0.4, 0.5) is 11.4 Å². The largest absolute Gasteiger partial charge is 0.480 e. The smallest absolute Gasteiger partial charge is 0.320 e. The van der Waals surface area contributed by atoms with Gasteiger partial charge in [-0.15, -0.1) is 0 Å². The topological polar surface area (TPSA) is 81.7 Å². The fraction of sp³-hybridized carbons (Fsp3) is 0.300. The lowest BCUT2D eigenvalue weighted by atomic mass is 10.1. The van der Waals surface area contributed by atoms with E-state index in [9.17, 15) is 9.59 Å². The quantitative estimate of drug-likeness (QED) is 0.736. The van der Waals surface area contributed by atoms with Crippen LogP contribution < -0.4 is 15.5 Å². The van der Waals surface area contributed by atoms with E-state index in [1.807, 2.05) is 24.3 Å². The lowest BCUT2D eigenvalue weighted by Crippen LogP contribution is -2.38. The van der Waals surface area contributed by atoms with Gasteiger partial charge in [-0.1, -0.05) is 36.0 Å². The molecule has 4 rings (SSSR count). The molecule has 1 fully saturated rings. The predicted molar refractivity (Wildman–Crippen MR) is 105 cm³/mol. The van der Waals surface area contributed by atoms with Crippen molar-refractivity contribution in [3.8, 4) is 0 Å². The lowest BCUT2D eigenvalue weighted by Gasteiger charge is -2.32. The number of hydrogen-bond acceptors (Lipinski definition) is 5. The maximum atomic E-state index is 12.4. The van der Waals surface area contributed by atoms with Gasteiger partial charge in [-0.05, 0) is 30.7 Å². The van der Waals surface area contributed by atoms with Crippen LogP contribution in [0.3, 0.4) is 0 Å². The van der Waals surface area contributed by atoms with Crippen LogP contribution >= 0.6 is 11.8 Å². The molecule has 2 aliphatic heterocycles. The van der Waals surface area contributed by atoms with Gasteiger partial charge in [-0.3, -0.25) is 9.59 Å². The monoisotopic (exact) mass is 383 g/mol. The second-order valence-electron chi connectivity index (χ2n) is 6.74. The van der Waals surface area contributed by atoms with E-state index in [1.54, 1.807) is 11.8 Å². The van der Waals surface area contributed by atoms with Crippen LogP contribution in [0.2, 0.25) is 0 Å². The average Bonchev–Trinajstić information content (AvgIpc) is 3.14. The van der Waals surface area contributed by atoms with E-state index in [2.05, 4.69) is 39.8 Å². The zero-order valence-corrected chi connectivity index (χ0v) is 15.5. The summed E-state index contributed by atoms with van der Waals surface area (Å²) in [5.41, 5.74) is 2.23. The maximum Gasteiger partial charge on any atom is 0.320 e. The number of hydrogen-bond donors (Lipinski definition) is 3. The predicted octanol–water partition coefficient (Wildman–Crippen LogP) is 2.61.